The van der Waals surface area contributed by atoms with Crippen LogP contribution < -0.4 is 0 Å². The van der Waals surface area contributed by atoms with Crippen molar-refractivity contribution in [3.63, 3.8) is 0 Å². The summed E-state index contributed by atoms with van der Waals surface area (Å²) in [7, 11) is 0. The van der Waals surface area contributed by atoms with Crippen molar-refractivity contribution in [1.29, 1.82) is 0 Å². The van der Waals surface area contributed by atoms with E-state index in [-0.39, 0.29) is 11.5 Å². The largest absolute Gasteiger partial charge is 0.504 e. The van der Waals surface area contributed by atoms with Gasteiger partial charge in [-0.2, -0.15) is 0 Å². The van der Waals surface area contributed by atoms with Crippen molar-refractivity contribution in [3.05, 3.63) is 23.8 Å². The number of hydrogen-bond donors (Lipinski definition) is 2. The molecule has 0 aliphatic heterocycles. The van der Waals surface area contributed by atoms with Gasteiger partial charge >= 0.3 is 0 Å². The van der Waals surface area contributed by atoms with E-state index in [9.17, 15) is 10.2 Å². The first-order valence-corrected chi connectivity index (χ1v) is 8.34. The highest BCUT2D eigenvalue weighted by Crippen LogP contribution is 2.29. The Morgan fingerprint density at radius 2 is 1.44 bits per heavy atom. The lowest BCUT2D eigenvalue weighted by Gasteiger charge is -2.06. The zero-order chi connectivity index (χ0) is 13.2. The third-order valence-electron chi connectivity index (χ3n) is 3.18. The second-order valence-corrected chi connectivity index (χ2v) is 5.78. The predicted octanol–water partition coefficient (Wildman–Crippen LogP) is 4.81. The van der Waals surface area contributed by atoms with Crippen LogP contribution in [0.25, 0.3) is 0 Å². The number of halogens is 1. The van der Waals surface area contributed by atoms with Crippen LogP contribution in [0.3, 0.4) is 0 Å². The van der Waals surface area contributed by atoms with Gasteiger partial charge in [0.05, 0.1) is 0 Å². The Hall–Kier alpha value is -0.450. The van der Waals surface area contributed by atoms with Crippen LogP contribution in [0.4, 0.5) is 0 Å². The van der Waals surface area contributed by atoms with E-state index in [1.165, 1.54) is 49.0 Å². The summed E-state index contributed by atoms with van der Waals surface area (Å²) in [5, 5.41) is 19.0. The molecule has 102 valence electrons. The molecule has 0 heterocycles. The van der Waals surface area contributed by atoms with E-state index in [1.54, 1.807) is 6.07 Å². The summed E-state index contributed by atoms with van der Waals surface area (Å²) in [4.78, 5) is 0. The van der Waals surface area contributed by atoms with Gasteiger partial charge in [-0.3, -0.25) is 0 Å². The van der Waals surface area contributed by atoms with Crippen LogP contribution in [0.1, 0.15) is 50.5 Å². The average molecular weight is 362 g/mol. The fourth-order valence-corrected chi connectivity index (χ4v) is 2.61. The predicted molar refractivity (Wildman–Crippen MR) is 84.7 cm³/mol. The lowest BCUT2D eigenvalue weighted by atomic mass is 10.0. The lowest BCUT2D eigenvalue weighted by molar-refractivity contribution is 0.398. The number of phenols is 2. The Morgan fingerprint density at radius 3 is 2.11 bits per heavy atom. The second-order valence-electron chi connectivity index (χ2n) is 4.70. The maximum absolute atomic E-state index is 9.65. The number of aromatic hydroxyl groups is 2. The van der Waals surface area contributed by atoms with Gasteiger partial charge in [-0.15, -0.1) is 0 Å². The zero-order valence-corrected chi connectivity index (χ0v) is 13.0. The summed E-state index contributed by atoms with van der Waals surface area (Å²) in [5.41, 5.74) is 0.861. The molecule has 0 unspecified atom stereocenters. The molecule has 0 fully saturated rings. The van der Waals surface area contributed by atoms with Crippen molar-refractivity contribution in [3.8, 4) is 11.5 Å². The molecule has 3 heteroatoms. The Labute approximate surface area is 124 Å². The van der Waals surface area contributed by atoms with Gasteiger partial charge < -0.3 is 10.2 Å². The number of unbranched alkanes of at least 4 members (excludes halogenated alkanes) is 6. The van der Waals surface area contributed by atoms with E-state index in [0.717, 1.165) is 18.4 Å². The molecule has 0 aliphatic rings. The molecule has 0 saturated heterocycles. The summed E-state index contributed by atoms with van der Waals surface area (Å²) >= 11 is 2.43. The van der Waals surface area contributed by atoms with E-state index in [4.69, 9.17) is 0 Å². The molecule has 18 heavy (non-hydrogen) atoms. The lowest BCUT2D eigenvalue weighted by Crippen LogP contribution is -1.87. The summed E-state index contributed by atoms with van der Waals surface area (Å²) < 4.78 is 1.27. The third kappa shape index (κ3) is 5.94. The summed E-state index contributed by atoms with van der Waals surface area (Å²) in [6, 6.07) is 5.19. The highest BCUT2D eigenvalue weighted by Gasteiger charge is 2.04. The van der Waals surface area contributed by atoms with Crippen LogP contribution in [0.5, 0.6) is 11.5 Å². The maximum atomic E-state index is 9.65. The average Bonchev–Trinajstić information content (AvgIpc) is 2.37. The van der Waals surface area contributed by atoms with Crippen LogP contribution in [0, 0.1) is 0 Å². The monoisotopic (exact) mass is 362 g/mol. The first kappa shape index (κ1) is 15.6. The first-order chi connectivity index (χ1) is 8.75. The number of rotatable bonds is 9. The van der Waals surface area contributed by atoms with Crippen molar-refractivity contribution in [2.24, 2.45) is 0 Å². The normalized spacial score (nSPS) is 10.7. The standard InChI is InChI=1S/C15H23IO2/c16-12-7-5-3-1-2-4-6-9-13-10-8-11-14(17)15(13)18/h8,10-11,17-18H,1-7,9,12H2. The molecular formula is C15H23IO2. The van der Waals surface area contributed by atoms with Gasteiger partial charge in [0, 0.05) is 0 Å². The van der Waals surface area contributed by atoms with Crippen LogP contribution in [-0.2, 0) is 6.42 Å². The molecular weight excluding hydrogens is 339 g/mol. The maximum Gasteiger partial charge on any atom is 0.160 e. The molecule has 0 aromatic heterocycles. The molecule has 1 aromatic carbocycles. The van der Waals surface area contributed by atoms with Crippen molar-refractivity contribution in [2.75, 3.05) is 4.43 Å². The van der Waals surface area contributed by atoms with Gasteiger partial charge in [-0.1, -0.05) is 66.8 Å². The minimum atomic E-state index is -0.00806. The van der Waals surface area contributed by atoms with Crippen molar-refractivity contribution < 1.29 is 10.2 Å². The molecule has 1 aromatic rings. The zero-order valence-electron chi connectivity index (χ0n) is 10.9. The summed E-state index contributed by atoms with van der Waals surface area (Å²) in [5.74, 6) is 0.0471. The molecule has 0 aliphatic carbocycles. The number of phenolic OH excluding ortho intramolecular Hbond substituents is 2. The molecule has 0 bridgehead atoms. The molecule has 0 saturated carbocycles. The molecule has 2 N–H and O–H groups in total. The van der Waals surface area contributed by atoms with E-state index >= 15 is 0 Å². The SMILES string of the molecule is Oc1cccc(CCCCCCCCCI)c1O. The number of alkyl halides is 1. The van der Waals surface area contributed by atoms with Crippen molar-refractivity contribution in [2.45, 2.75) is 51.4 Å². The fraction of sp³-hybridized carbons (Fsp3) is 0.600. The fourth-order valence-electron chi connectivity index (χ4n) is 2.07. The van der Waals surface area contributed by atoms with Gasteiger partial charge in [-0.25, -0.2) is 0 Å². The van der Waals surface area contributed by atoms with Crippen LogP contribution >= 0.6 is 22.6 Å². The van der Waals surface area contributed by atoms with E-state index in [1.807, 2.05) is 6.07 Å². The highest BCUT2D eigenvalue weighted by molar-refractivity contribution is 14.1. The van der Waals surface area contributed by atoms with Gasteiger partial charge in [-0.05, 0) is 35.3 Å². The second kappa shape index (κ2) is 9.48. The number of benzene rings is 1. The smallest absolute Gasteiger partial charge is 0.160 e. The van der Waals surface area contributed by atoms with Gasteiger partial charge in [0.2, 0.25) is 0 Å². The minimum absolute atomic E-state index is 0.00806. The molecule has 2 nitrogen and oxygen atoms in total. The number of para-hydroxylation sites is 1. The topological polar surface area (TPSA) is 40.5 Å². The molecule has 0 spiro atoms. The minimum Gasteiger partial charge on any atom is -0.504 e. The molecule has 0 amide bonds. The van der Waals surface area contributed by atoms with Gasteiger partial charge in [0.15, 0.2) is 11.5 Å². The van der Waals surface area contributed by atoms with Crippen molar-refractivity contribution >= 4 is 22.6 Å². The Bertz CT molecular complexity index is 339. The Kier molecular flexibility index (Phi) is 8.22. The Morgan fingerprint density at radius 1 is 0.833 bits per heavy atom. The molecule has 1 rings (SSSR count). The highest BCUT2D eigenvalue weighted by atomic mass is 127. The number of hydrogen-bond acceptors (Lipinski definition) is 2. The number of aryl methyl sites for hydroxylation is 1. The van der Waals surface area contributed by atoms with Crippen LogP contribution in [0.2, 0.25) is 0 Å². The quantitative estimate of drug-likeness (QED) is 0.287. The van der Waals surface area contributed by atoms with Gasteiger partial charge in [0.25, 0.3) is 0 Å². The first-order valence-electron chi connectivity index (χ1n) is 6.81. The molecule has 0 atom stereocenters. The molecule has 0 radical (unpaired) electrons. The van der Waals surface area contributed by atoms with Gasteiger partial charge in [0.1, 0.15) is 0 Å². The summed E-state index contributed by atoms with van der Waals surface area (Å²) in [6.45, 7) is 0. The van der Waals surface area contributed by atoms with E-state index in [0.29, 0.717) is 0 Å². The van der Waals surface area contributed by atoms with Crippen LogP contribution in [0.15, 0.2) is 18.2 Å². The third-order valence-corrected chi connectivity index (χ3v) is 3.94. The van der Waals surface area contributed by atoms with Crippen molar-refractivity contribution in [1.82, 2.24) is 0 Å². The van der Waals surface area contributed by atoms with E-state index < -0.39 is 0 Å². The summed E-state index contributed by atoms with van der Waals surface area (Å²) in [6.07, 6.45) is 9.80. The Balaban J connectivity index is 2.09. The van der Waals surface area contributed by atoms with E-state index in [2.05, 4.69) is 22.6 Å². The van der Waals surface area contributed by atoms with Crippen LogP contribution in [-0.4, -0.2) is 14.6 Å².